The van der Waals surface area contributed by atoms with Crippen molar-refractivity contribution in [3.05, 3.63) is 62.1 Å². The summed E-state index contributed by atoms with van der Waals surface area (Å²) in [5.74, 6) is 5.71. The van der Waals surface area contributed by atoms with Gasteiger partial charge in [0.05, 0.1) is 9.95 Å². The number of hydrogen-bond acceptors (Lipinski definition) is 5. The molecule has 0 unspecified atom stereocenters. The van der Waals surface area contributed by atoms with Crippen LogP contribution in [-0.2, 0) is 6.61 Å². The predicted octanol–water partition coefficient (Wildman–Crippen LogP) is 3.77. The van der Waals surface area contributed by atoms with Crippen LogP contribution in [0.15, 0.2) is 36.4 Å². The lowest BCUT2D eigenvalue weighted by Crippen LogP contribution is -2.10. The van der Waals surface area contributed by atoms with Gasteiger partial charge < -0.3 is 10.2 Å². The lowest BCUT2D eigenvalue weighted by molar-refractivity contribution is -0.384. The highest BCUT2D eigenvalue weighted by Gasteiger charge is 2.13. The van der Waals surface area contributed by atoms with Gasteiger partial charge in [0.25, 0.3) is 5.69 Å². The van der Waals surface area contributed by atoms with Crippen LogP contribution >= 0.6 is 23.2 Å². The topological polar surface area (TPSA) is 90.4 Å². The lowest BCUT2D eigenvalue weighted by Gasteiger charge is -2.10. The Labute approximate surface area is 130 Å². The number of hydrogen-bond donors (Lipinski definition) is 2. The molecule has 6 nitrogen and oxygen atoms in total. The summed E-state index contributed by atoms with van der Waals surface area (Å²) in [4.78, 5) is 10.3. The molecule has 2 aromatic rings. The second-order valence-corrected chi connectivity index (χ2v) is 4.88. The summed E-state index contributed by atoms with van der Waals surface area (Å²) >= 11 is 11.9. The summed E-state index contributed by atoms with van der Waals surface area (Å²) in [6.07, 6.45) is 0. The molecule has 110 valence electrons. The Bertz CT molecular complexity index is 680. The Balaban J connectivity index is 2.17. The smallest absolute Gasteiger partial charge is 0.293 e. The van der Waals surface area contributed by atoms with Gasteiger partial charge in [0.2, 0.25) is 0 Å². The van der Waals surface area contributed by atoms with E-state index in [4.69, 9.17) is 33.8 Å². The van der Waals surface area contributed by atoms with E-state index in [1.807, 2.05) is 0 Å². The Hall–Kier alpha value is -2.02. The standard InChI is InChI=1S/C13H11Cl2N3O3/c14-9-2-1-3-12(13(9)15)21-7-8-4-5-11(18(19)20)10(6-8)17-16/h1-6,17H,7,16H2. The number of hydrazine groups is 1. The lowest BCUT2D eigenvalue weighted by atomic mass is 10.2. The maximum atomic E-state index is 10.8. The molecular formula is C13H11Cl2N3O3. The van der Waals surface area contributed by atoms with Crippen LogP contribution in [0.4, 0.5) is 11.4 Å². The number of nitro benzene ring substituents is 1. The number of rotatable bonds is 5. The number of nitrogens with two attached hydrogens (primary N) is 1. The van der Waals surface area contributed by atoms with Gasteiger partial charge in [-0.25, -0.2) is 0 Å². The molecule has 0 atom stereocenters. The molecule has 0 heterocycles. The predicted molar refractivity (Wildman–Crippen MR) is 81.7 cm³/mol. The second-order valence-electron chi connectivity index (χ2n) is 4.09. The maximum Gasteiger partial charge on any atom is 0.293 e. The van der Waals surface area contributed by atoms with Gasteiger partial charge in [0.15, 0.2) is 0 Å². The van der Waals surface area contributed by atoms with E-state index >= 15 is 0 Å². The number of nitrogens with one attached hydrogen (secondary N) is 1. The number of ether oxygens (including phenoxy) is 1. The molecule has 8 heteroatoms. The van der Waals surface area contributed by atoms with Gasteiger partial charge in [-0.05, 0) is 29.8 Å². The number of nitrogen functional groups attached to an aromatic ring is 1. The van der Waals surface area contributed by atoms with Crippen LogP contribution in [-0.4, -0.2) is 4.92 Å². The van der Waals surface area contributed by atoms with Crippen molar-refractivity contribution in [2.45, 2.75) is 6.61 Å². The van der Waals surface area contributed by atoms with Crippen LogP contribution in [0.3, 0.4) is 0 Å². The molecule has 0 bridgehead atoms. The minimum Gasteiger partial charge on any atom is -0.487 e. The maximum absolute atomic E-state index is 10.8. The number of anilines is 1. The Morgan fingerprint density at radius 1 is 1.29 bits per heavy atom. The Morgan fingerprint density at radius 2 is 2.05 bits per heavy atom. The number of nitrogens with zero attached hydrogens (tertiary/aromatic N) is 1. The van der Waals surface area contributed by atoms with Crippen molar-refractivity contribution in [1.82, 2.24) is 0 Å². The first kappa shape index (κ1) is 15.4. The minimum absolute atomic E-state index is 0.109. The van der Waals surface area contributed by atoms with E-state index < -0.39 is 4.92 Å². The Morgan fingerprint density at radius 3 is 2.71 bits per heavy atom. The summed E-state index contributed by atoms with van der Waals surface area (Å²) in [5, 5.41) is 11.5. The van der Waals surface area contributed by atoms with Gasteiger partial charge in [-0.1, -0.05) is 29.3 Å². The fourth-order valence-corrected chi connectivity index (χ4v) is 2.05. The minimum atomic E-state index is -0.520. The van der Waals surface area contributed by atoms with E-state index in [0.717, 1.165) is 0 Å². The monoisotopic (exact) mass is 327 g/mol. The van der Waals surface area contributed by atoms with Crippen LogP contribution in [0.1, 0.15) is 5.56 Å². The largest absolute Gasteiger partial charge is 0.487 e. The summed E-state index contributed by atoms with van der Waals surface area (Å²) in [6, 6.07) is 9.52. The fourth-order valence-electron chi connectivity index (χ4n) is 1.70. The van der Waals surface area contributed by atoms with E-state index in [2.05, 4.69) is 5.43 Å². The SMILES string of the molecule is NNc1cc(COc2cccc(Cl)c2Cl)ccc1[N+](=O)[O-]. The molecule has 3 N–H and O–H groups in total. The van der Waals surface area contributed by atoms with Crippen molar-refractivity contribution < 1.29 is 9.66 Å². The van der Waals surface area contributed by atoms with Gasteiger partial charge in [0.1, 0.15) is 23.1 Å². The van der Waals surface area contributed by atoms with Crippen LogP contribution in [0.5, 0.6) is 5.75 Å². The zero-order valence-electron chi connectivity index (χ0n) is 10.7. The highest BCUT2D eigenvalue weighted by Crippen LogP contribution is 2.32. The quantitative estimate of drug-likeness (QED) is 0.495. The summed E-state index contributed by atoms with van der Waals surface area (Å²) in [5.41, 5.74) is 3.09. The molecule has 0 aliphatic heterocycles. The van der Waals surface area contributed by atoms with Gasteiger partial charge in [-0.15, -0.1) is 0 Å². The summed E-state index contributed by atoms with van der Waals surface area (Å²) in [6.45, 7) is 0.173. The highest BCUT2D eigenvalue weighted by atomic mass is 35.5. The summed E-state index contributed by atoms with van der Waals surface area (Å²) < 4.78 is 5.55. The molecule has 0 radical (unpaired) electrons. The van der Waals surface area contributed by atoms with Gasteiger partial charge >= 0.3 is 0 Å². The third-order valence-corrected chi connectivity index (χ3v) is 3.53. The van der Waals surface area contributed by atoms with Crippen molar-refractivity contribution in [3.8, 4) is 5.75 Å². The molecule has 0 amide bonds. The number of nitro groups is 1. The average molecular weight is 328 g/mol. The number of benzene rings is 2. The normalized spacial score (nSPS) is 10.2. The second kappa shape index (κ2) is 6.62. The first-order valence-electron chi connectivity index (χ1n) is 5.83. The van der Waals surface area contributed by atoms with Crippen LogP contribution in [0.25, 0.3) is 0 Å². The molecule has 0 aliphatic carbocycles. The van der Waals surface area contributed by atoms with E-state index in [1.54, 1.807) is 24.3 Å². The molecule has 21 heavy (non-hydrogen) atoms. The molecule has 0 aromatic heterocycles. The van der Waals surface area contributed by atoms with Crippen LogP contribution < -0.4 is 16.0 Å². The highest BCUT2D eigenvalue weighted by molar-refractivity contribution is 6.42. The molecule has 0 spiro atoms. The van der Waals surface area contributed by atoms with Crippen LogP contribution in [0, 0.1) is 10.1 Å². The van der Waals surface area contributed by atoms with Gasteiger partial charge in [-0.3, -0.25) is 16.0 Å². The van der Waals surface area contributed by atoms with E-state index in [-0.39, 0.29) is 18.0 Å². The van der Waals surface area contributed by atoms with Gasteiger partial charge in [0, 0.05) is 6.07 Å². The molecule has 0 saturated heterocycles. The van der Waals surface area contributed by atoms with Crippen molar-refractivity contribution in [3.63, 3.8) is 0 Å². The molecule has 2 rings (SSSR count). The molecule has 0 saturated carbocycles. The van der Waals surface area contributed by atoms with Crippen molar-refractivity contribution in [2.75, 3.05) is 5.43 Å². The molecule has 0 fully saturated rings. The number of halogens is 2. The average Bonchev–Trinajstić information content (AvgIpc) is 2.48. The zero-order valence-corrected chi connectivity index (χ0v) is 12.2. The third-order valence-electron chi connectivity index (χ3n) is 2.72. The zero-order chi connectivity index (χ0) is 15.4. The first-order valence-corrected chi connectivity index (χ1v) is 6.59. The van der Waals surface area contributed by atoms with E-state index in [9.17, 15) is 10.1 Å². The van der Waals surface area contributed by atoms with Gasteiger partial charge in [-0.2, -0.15) is 0 Å². The molecular weight excluding hydrogens is 317 g/mol. The van der Waals surface area contributed by atoms with E-state index in [1.165, 1.54) is 12.1 Å². The first-order chi connectivity index (χ1) is 10.0. The fraction of sp³-hybridized carbons (Fsp3) is 0.0769. The van der Waals surface area contributed by atoms with Crippen LogP contribution in [0.2, 0.25) is 10.0 Å². The molecule has 0 aliphatic rings. The van der Waals surface area contributed by atoms with Crippen molar-refractivity contribution >= 4 is 34.6 Å². The molecule has 2 aromatic carbocycles. The Kier molecular flexibility index (Phi) is 4.85. The van der Waals surface area contributed by atoms with Crippen molar-refractivity contribution in [1.29, 1.82) is 0 Å². The van der Waals surface area contributed by atoms with Crippen molar-refractivity contribution in [2.24, 2.45) is 5.84 Å². The summed E-state index contributed by atoms with van der Waals surface area (Å²) in [7, 11) is 0. The van der Waals surface area contributed by atoms with E-state index in [0.29, 0.717) is 21.4 Å². The third kappa shape index (κ3) is 3.55.